The summed E-state index contributed by atoms with van der Waals surface area (Å²) >= 11 is 5.84. The fourth-order valence-electron chi connectivity index (χ4n) is 2.04. The maximum atomic E-state index is 10.5. The molecule has 0 spiro atoms. The highest BCUT2D eigenvalue weighted by Crippen LogP contribution is 2.29. The summed E-state index contributed by atoms with van der Waals surface area (Å²) in [4.78, 5) is 0. The fourth-order valence-corrected chi connectivity index (χ4v) is 2.17. The third-order valence-corrected chi connectivity index (χ3v) is 3.60. The SMILES string of the molecule is CCC(O)(CC)/C(=C\c1ccc(Cl)cc1)C(C)O. The zero-order valence-corrected chi connectivity index (χ0v) is 11.9. The molecule has 0 saturated heterocycles. The second kappa shape index (κ2) is 6.37. The van der Waals surface area contributed by atoms with Crippen molar-refractivity contribution in [1.82, 2.24) is 0 Å². The Labute approximate surface area is 114 Å². The summed E-state index contributed by atoms with van der Waals surface area (Å²) in [6.07, 6.45) is 2.32. The first-order chi connectivity index (χ1) is 8.42. The molecule has 2 nitrogen and oxygen atoms in total. The van der Waals surface area contributed by atoms with Crippen molar-refractivity contribution >= 4 is 17.7 Å². The summed E-state index contributed by atoms with van der Waals surface area (Å²) in [5.74, 6) is 0. The predicted octanol–water partition coefficient (Wildman–Crippen LogP) is 3.66. The van der Waals surface area contributed by atoms with Crippen LogP contribution in [0.25, 0.3) is 6.08 Å². The van der Waals surface area contributed by atoms with Gasteiger partial charge in [-0.3, -0.25) is 0 Å². The number of hydrogen-bond donors (Lipinski definition) is 2. The van der Waals surface area contributed by atoms with Crippen molar-refractivity contribution < 1.29 is 10.2 Å². The molecular weight excluding hydrogens is 248 g/mol. The maximum absolute atomic E-state index is 10.5. The molecule has 0 aliphatic heterocycles. The van der Waals surface area contributed by atoms with E-state index in [1.54, 1.807) is 19.1 Å². The number of halogens is 1. The molecule has 1 aromatic rings. The van der Waals surface area contributed by atoms with E-state index in [9.17, 15) is 10.2 Å². The van der Waals surface area contributed by atoms with E-state index >= 15 is 0 Å². The van der Waals surface area contributed by atoms with E-state index in [0.717, 1.165) is 5.56 Å². The van der Waals surface area contributed by atoms with E-state index in [-0.39, 0.29) is 0 Å². The molecule has 1 aromatic carbocycles. The van der Waals surface area contributed by atoms with Crippen molar-refractivity contribution in [3.8, 4) is 0 Å². The van der Waals surface area contributed by atoms with Crippen molar-refractivity contribution in [3.05, 3.63) is 40.4 Å². The van der Waals surface area contributed by atoms with Crippen LogP contribution in [0.15, 0.2) is 29.8 Å². The molecule has 3 heteroatoms. The first-order valence-electron chi connectivity index (χ1n) is 6.31. The lowest BCUT2D eigenvalue weighted by molar-refractivity contribution is 0.0460. The van der Waals surface area contributed by atoms with Crippen LogP contribution in [0.5, 0.6) is 0 Å². The Morgan fingerprint density at radius 3 is 2.17 bits per heavy atom. The molecule has 2 N–H and O–H groups in total. The summed E-state index contributed by atoms with van der Waals surface area (Å²) in [7, 11) is 0. The lowest BCUT2D eigenvalue weighted by Gasteiger charge is -2.30. The van der Waals surface area contributed by atoms with Crippen molar-refractivity contribution in [1.29, 1.82) is 0 Å². The van der Waals surface area contributed by atoms with Crippen LogP contribution in [0, 0.1) is 0 Å². The lowest BCUT2D eigenvalue weighted by Crippen LogP contribution is -2.34. The first kappa shape index (κ1) is 15.2. The second-order valence-corrected chi connectivity index (χ2v) is 5.00. The van der Waals surface area contributed by atoms with Crippen molar-refractivity contribution in [2.24, 2.45) is 0 Å². The summed E-state index contributed by atoms with van der Waals surface area (Å²) in [6, 6.07) is 7.33. The van der Waals surface area contributed by atoms with Gasteiger partial charge < -0.3 is 10.2 Å². The van der Waals surface area contributed by atoms with Crippen molar-refractivity contribution in [2.75, 3.05) is 0 Å². The van der Waals surface area contributed by atoms with Gasteiger partial charge in [0.05, 0.1) is 11.7 Å². The van der Waals surface area contributed by atoms with E-state index in [0.29, 0.717) is 23.4 Å². The summed E-state index contributed by atoms with van der Waals surface area (Å²) in [5, 5.41) is 21.1. The van der Waals surface area contributed by atoms with E-state index in [1.165, 1.54) is 0 Å². The molecule has 0 fully saturated rings. The zero-order chi connectivity index (χ0) is 13.8. The molecule has 0 heterocycles. The van der Waals surface area contributed by atoms with Crippen molar-refractivity contribution in [2.45, 2.75) is 45.3 Å². The van der Waals surface area contributed by atoms with E-state index in [2.05, 4.69) is 0 Å². The van der Waals surface area contributed by atoms with Crippen LogP contribution in [0.4, 0.5) is 0 Å². The summed E-state index contributed by atoms with van der Waals surface area (Å²) in [5.41, 5.74) is 0.624. The molecule has 0 saturated carbocycles. The molecule has 1 unspecified atom stereocenters. The average Bonchev–Trinajstić information content (AvgIpc) is 2.37. The van der Waals surface area contributed by atoms with Crippen LogP contribution in [0.2, 0.25) is 5.02 Å². The quantitative estimate of drug-likeness (QED) is 0.856. The third kappa shape index (κ3) is 3.58. The Morgan fingerprint density at radius 2 is 1.78 bits per heavy atom. The highest BCUT2D eigenvalue weighted by Gasteiger charge is 2.30. The molecule has 1 atom stereocenters. The lowest BCUT2D eigenvalue weighted by atomic mass is 9.84. The highest BCUT2D eigenvalue weighted by molar-refractivity contribution is 6.30. The smallest absolute Gasteiger partial charge is 0.0879 e. The van der Waals surface area contributed by atoms with Gasteiger partial charge in [0.1, 0.15) is 0 Å². The Balaban J connectivity index is 3.16. The van der Waals surface area contributed by atoms with Crippen LogP contribution >= 0.6 is 11.6 Å². The van der Waals surface area contributed by atoms with E-state index in [1.807, 2.05) is 32.1 Å². The van der Waals surface area contributed by atoms with E-state index in [4.69, 9.17) is 11.6 Å². The van der Waals surface area contributed by atoms with Gasteiger partial charge >= 0.3 is 0 Å². The molecule has 0 aromatic heterocycles. The van der Waals surface area contributed by atoms with Gasteiger partial charge in [-0.05, 0) is 43.0 Å². The topological polar surface area (TPSA) is 40.5 Å². The Morgan fingerprint density at radius 1 is 1.28 bits per heavy atom. The minimum atomic E-state index is -0.951. The molecule has 0 radical (unpaired) electrons. The molecule has 0 amide bonds. The standard InChI is InChI=1S/C15H21ClO2/c1-4-15(18,5-2)14(11(3)17)10-12-6-8-13(16)9-7-12/h6-11,17-18H,4-5H2,1-3H3/b14-10-. The molecule has 18 heavy (non-hydrogen) atoms. The van der Waals surface area contributed by atoms with Crippen LogP contribution in [-0.4, -0.2) is 21.9 Å². The number of aliphatic hydroxyl groups excluding tert-OH is 1. The predicted molar refractivity (Wildman–Crippen MR) is 76.6 cm³/mol. The number of aliphatic hydroxyl groups is 2. The minimum absolute atomic E-state index is 0.577. The largest absolute Gasteiger partial charge is 0.389 e. The molecule has 100 valence electrons. The zero-order valence-electron chi connectivity index (χ0n) is 11.2. The highest BCUT2D eigenvalue weighted by atomic mass is 35.5. The van der Waals surface area contributed by atoms with Crippen LogP contribution in [-0.2, 0) is 0 Å². The van der Waals surface area contributed by atoms with Crippen LogP contribution < -0.4 is 0 Å². The molecule has 0 aliphatic rings. The average molecular weight is 269 g/mol. The van der Waals surface area contributed by atoms with Gasteiger partial charge in [0.25, 0.3) is 0 Å². The normalized spacial score (nSPS) is 14.7. The summed E-state index contributed by atoms with van der Waals surface area (Å²) in [6.45, 7) is 5.52. The molecule has 1 rings (SSSR count). The molecule has 0 aliphatic carbocycles. The van der Waals surface area contributed by atoms with Crippen LogP contribution in [0.1, 0.15) is 39.2 Å². The van der Waals surface area contributed by atoms with Crippen molar-refractivity contribution in [3.63, 3.8) is 0 Å². The Bertz CT molecular complexity index is 403. The second-order valence-electron chi connectivity index (χ2n) is 4.57. The van der Waals surface area contributed by atoms with Gasteiger partial charge in [-0.25, -0.2) is 0 Å². The molecule has 0 bridgehead atoms. The Hall–Kier alpha value is -0.830. The van der Waals surface area contributed by atoms with Gasteiger partial charge in [0.2, 0.25) is 0 Å². The van der Waals surface area contributed by atoms with E-state index < -0.39 is 11.7 Å². The third-order valence-electron chi connectivity index (χ3n) is 3.35. The van der Waals surface area contributed by atoms with Gasteiger partial charge in [-0.2, -0.15) is 0 Å². The Kier molecular flexibility index (Phi) is 5.39. The monoisotopic (exact) mass is 268 g/mol. The first-order valence-corrected chi connectivity index (χ1v) is 6.68. The summed E-state index contributed by atoms with van der Waals surface area (Å²) < 4.78 is 0. The number of benzene rings is 1. The molecular formula is C15H21ClO2. The van der Waals surface area contributed by atoms with Crippen LogP contribution in [0.3, 0.4) is 0 Å². The van der Waals surface area contributed by atoms with Gasteiger partial charge in [-0.15, -0.1) is 0 Å². The maximum Gasteiger partial charge on any atom is 0.0879 e. The fraction of sp³-hybridized carbons (Fsp3) is 0.467. The number of rotatable bonds is 5. The number of hydrogen-bond acceptors (Lipinski definition) is 2. The van der Waals surface area contributed by atoms with Gasteiger partial charge in [0, 0.05) is 5.02 Å². The minimum Gasteiger partial charge on any atom is -0.389 e. The van der Waals surface area contributed by atoms with Gasteiger partial charge in [0.15, 0.2) is 0 Å². The van der Waals surface area contributed by atoms with Gasteiger partial charge in [-0.1, -0.05) is 43.7 Å².